The molecule has 1 amide bonds. The molecule has 0 spiro atoms. The third kappa shape index (κ3) is 6.17. The fraction of sp³-hybridized carbons (Fsp3) is 0.120. The number of amides is 1. The van der Waals surface area contributed by atoms with Gasteiger partial charge in [0.05, 0.1) is 25.8 Å². The van der Waals surface area contributed by atoms with E-state index in [1.165, 1.54) is 16.7 Å². The molecule has 1 heterocycles. The van der Waals surface area contributed by atoms with Crippen LogP contribution in [0.15, 0.2) is 64.0 Å². The standard InChI is InChI=1S/C25H17BrCl2INO3S2/c1-2-32-21-10-14(9-20(29)23(21)33-13-15-5-3-4-6-18(15)27)11-22-24(31)30(25(34)35-22)16-7-8-17(26)19(28)12-16/h3-12H,2,13H2,1H3. The number of thiocarbonyl (C=S) groups is 1. The van der Waals surface area contributed by atoms with Gasteiger partial charge in [-0.05, 0) is 93.5 Å². The molecular formula is C25H17BrCl2INO3S2. The number of hydrogen-bond acceptors (Lipinski definition) is 5. The summed E-state index contributed by atoms with van der Waals surface area (Å²) in [7, 11) is 0. The molecule has 0 N–H and O–H groups in total. The normalized spacial score (nSPS) is 14.7. The van der Waals surface area contributed by atoms with Gasteiger partial charge in [-0.3, -0.25) is 9.69 Å². The molecule has 0 aliphatic carbocycles. The Morgan fingerprint density at radius 2 is 1.89 bits per heavy atom. The van der Waals surface area contributed by atoms with Gasteiger partial charge >= 0.3 is 0 Å². The number of nitrogens with zero attached hydrogens (tertiary/aromatic N) is 1. The summed E-state index contributed by atoms with van der Waals surface area (Å²) in [6.07, 6.45) is 1.81. The minimum Gasteiger partial charge on any atom is -0.490 e. The lowest BCUT2D eigenvalue weighted by atomic mass is 10.1. The number of anilines is 1. The highest BCUT2D eigenvalue weighted by Gasteiger charge is 2.33. The van der Waals surface area contributed by atoms with Gasteiger partial charge in [0, 0.05) is 15.1 Å². The summed E-state index contributed by atoms with van der Waals surface area (Å²) in [4.78, 5) is 15.2. The first-order chi connectivity index (χ1) is 16.8. The van der Waals surface area contributed by atoms with E-state index >= 15 is 0 Å². The van der Waals surface area contributed by atoms with Gasteiger partial charge in [0.2, 0.25) is 0 Å². The zero-order valence-corrected chi connectivity index (χ0v) is 25.1. The van der Waals surface area contributed by atoms with Crippen LogP contribution in [0.1, 0.15) is 18.1 Å². The summed E-state index contributed by atoms with van der Waals surface area (Å²) in [5.41, 5.74) is 2.31. The monoisotopic (exact) mass is 719 g/mol. The molecule has 0 bridgehead atoms. The topological polar surface area (TPSA) is 38.8 Å². The first kappa shape index (κ1) is 26.8. The van der Waals surface area contributed by atoms with Gasteiger partial charge in [-0.25, -0.2) is 0 Å². The molecule has 0 radical (unpaired) electrons. The maximum atomic E-state index is 13.2. The van der Waals surface area contributed by atoms with Gasteiger partial charge in [-0.2, -0.15) is 0 Å². The molecule has 1 saturated heterocycles. The lowest BCUT2D eigenvalue weighted by Gasteiger charge is -2.16. The van der Waals surface area contributed by atoms with Gasteiger partial charge in [0.25, 0.3) is 5.91 Å². The van der Waals surface area contributed by atoms with E-state index in [0.717, 1.165) is 19.2 Å². The van der Waals surface area contributed by atoms with Crippen molar-refractivity contribution in [3.63, 3.8) is 0 Å². The predicted octanol–water partition coefficient (Wildman–Crippen LogP) is 8.74. The Balaban J connectivity index is 1.61. The molecule has 4 nitrogen and oxygen atoms in total. The molecule has 4 rings (SSSR count). The molecule has 0 unspecified atom stereocenters. The summed E-state index contributed by atoms with van der Waals surface area (Å²) >= 11 is 24.8. The maximum Gasteiger partial charge on any atom is 0.270 e. The average Bonchev–Trinajstić information content (AvgIpc) is 3.09. The summed E-state index contributed by atoms with van der Waals surface area (Å²) < 4.78 is 14.0. The third-order valence-electron chi connectivity index (χ3n) is 4.91. The largest absolute Gasteiger partial charge is 0.490 e. The lowest BCUT2D eigenvalue weighted by molar-refractivity contribution is -0.113. The van der Waals surface area contributed by atoms with E-state index in [4.69, 9.17) is 44.9 Å². The number of carbonyl (C=O) groups excluding carboxylic acids is 1. The summed E-state index contributed by atoms with van der Waals surface area (Å²) in [6.45, 7) is 2.68. The van der Waals surface area contributed by atoms with Crippen molar-refractivity contribution >= 4 is 108 Å². The Labute approximate surface area is 245 Å². The molecule has 0 saturated carbocycles. The fourth-order valence-corrected chi connectivity index (χ4v) is 6.00. The van der Waals surface area contributed by atoms with Gasteiger partial charge < -0.3 is 9.47 Å². The van der Waals surface area contributed by atoms with Crippen molar-refractivity contribution < 1.29 is 14.3 Å². The van der Waals surface area contributed by atoms with E-state index in [1.807, 2.05) is 49.4 Å². The van der Waals surface area contributed by atoms with Crippen LogP contribution in [-0.4, -0.2) is 16.8 Å². The fourth-order valence-electron chi connectivity index (χ4n) is 3.31. The highest BCUT2D eigenvalue weighted by atomic mass is 127. The van der Waals surface area contributed by atoms with E-state index < -0.39 is 0 Å². The van der Waals surface area contributed by atoms with Gasteiger partial charge in [0.1, 0.15) is 6.61 Å². The van der Waals surface area contributed by atoms with Crippen LogP contribution in [0.5, 0.6) is 11.5 Å². The third-order valence-corrected chi connectivity index (χ3v) is 8.62. The quantitative estimate of drug-likeness (QED) is 0.139. The second-order valence-electron chi connectivity index (χ2n) is 7.26. The first-order valence-electron chi connectivity index (χ1n) is 10.3. The van der Waals surface area contributed by atoms with Gasteiger partial charge in [0.15, 0.2) is 15.8 Å². The van der Waals surface area contributed by atoms with Crippen molar-refractivity contribution in [1.82, 2.24) is 0 Å². The molecule has 180 valence electrons. The molecule has 3 aromatic rings. The van der Waals surface area contributed by atoms with Crippen molar-refractivity contribution in [2.45, 2.75) is 13.5 Å². The second-order valence-corrected chi connectivity index (χ2v) is 11.8. The van der Waals surface area contributed by atoms with Crippen molar-refractivity contribution in [2.24, 2.45) is 0 Å². The van der Waals surface area contributed by atoms with Crippen molar-refractivity contribution in [2.75, 3.05) is 11.5 Å². The number of thioether (sulfide) groups is 1. The Hall–Kier alpha value is -1.30. The van der Waals surface area contributed by atoms with Crippen LogP contribution in [0, 0.1) is 3.57 Å². The van der Waals surface area contributed by atoms with Crippen LogP contribution in [0.25, 0.3) is 6.08 Å². The number of carbonyl (C=O) groups is 1. The van der Waals surface area contributed by atoms with Crippen molar-refractivity contribution in [3.8, 4) is 11.5 Å². The predicted molar refractivity (Wildman–Crippen MR) is 161 cm³/mol. The first-order valence-corrected chi connectivity index (χ1v) is 14.2. The molecule has 0 aromatic heterocycles. The van der Waals surface area contributed by atoms with Crippen molar-refractivity contribution in [3.05, 3.63) is 88.7 Å². The van der Waals surface area contributed by atoms with Gasteiger partial charge in [-0.15, -0.1) is 0 Å². The minimum absolute atomic E-state index is 0.203. The van der Waals surface area contributed by atoms with Crippen LogP contribution >= 0.6 is 85.7 Å². The molecule has 1 aliphatic heterocycles. The molecular weight excluding hydrogens is 704 g/mol. The molecule has 10 heteroatoms. The number of halogens is 4. The Morgan fingerprint density at radius 3 is 2.60 bits per heavy atom. The van der Waals surface area contributed by atoms with Crippen LogP contribution in [-0.2, 0) is 11.4 Å². The molecule has 1 fully saturated rings. The SMILES string of the molecule is CCOc1cc(C=C2SC(=S)N(c3ccc(Br)c(Cl)c3)C2=O)cc(I)c1OCc1ccccc1Cl. The number of hydrogen-bond donors (Lipinski definition) is 0. The summed E-state index contributed by atoms with van der Waals surface area (Å²) in [6, 6.07) is 16.6. The lowest BCUT2D eigenvalue weighted by Crippen LogP contribution is -2.27. The van der Waals surface area contributed by atoms with Crippen LogP contribution < -0.4 is 14.4 Å². The smallest absolute Gasteiger partial charge is 0.270 e. The highest BCUT2D eigenvalue weighted by Crippen LogP contribution is 2.40. The van der Waals surface area contributed by atoms with E-state index in [2.05, 4.69) is 38.5 Å². The molecule has 35 heavy (non-hydrogen) atoms. The highest BCUT2D eigenvalue weighted by molar-refractivity contribution is 14.1. The molecule has 1 aliphatic rings. The summed E-state index contributed by atoms with van der Waals surface area (Å²) in [5, 5.41) is 1.15. The van der Waals surface area contributed by atoms with Crippen LogP contribution in [0.3, 0.4) is 0 Å². The second kappa shape index (κ2) is 11.8. The summed E-state index contributed by atoms with van der Waals surface area (Å²) in [5.74, 6) is 1.01. The van der Waals surface area contributed by atoms with Gasteiger partial charge in [-0.1, -0.05) is 65.4 Å². The van der Waals surface area contributed by atoms with Crippen LogP contribution in [0.2, 0.25) is 10.0 Å². The number of ether oxygens (including phenoxy) is 2. The number of benzene rings is 3. The maximum absolute atomic E-state index is 13.2. The van der Waals surface area contributed by atoms with E-state index in [1.54, 1.807) is 18.2 Å². The van der Waals surface area contributed by atoms with E-state index in [-0.39, 0.29) is 5.91 Å². The zero-order chi connectivity index (χ0) is 25.1. The number of rotatable bonds is 7. The molecule has 3 aromatic carbocycles. The Kier molecular flexibility index (Phi) is 9.04. The van der Waals surface area contributed by atoms with Crippen LogP contribution in [0.4, 0.5) is 5.69 Å². The van der Waals surface area contributed by atoms with E-state index in [0.29, 0.717) is 49.7 Å². The van der Waals surface area contributed by atoms with E-state index in [9.17, 15) is 4.79 Å². The zero-order valence-electron chi connectivity index (χ0n) is 18.2. The molecule has 0 atom stereocenters. The van der Waals surface area contributed by atoms with Crippen molar-refractivity contribution in [1.29, 1.82) is 0 Å². The Bertz CT molecular complexity index is 1350. The minimum atomic E-state index is -0.203. The average molecular weight is 721 g/mol. The Morgan fingerprint density at radius 1 is 1.11 bits per heavy atom.